The zero-order valence-corrected chi connectivity index (χ0v) is 15.4. The molecule has 1 aromatic carbocycles. The monoisotopic (exact) mass is 431 g/mol. The van der Waals surface area contributed by atoms with E-state index >= 15 is 0 Å². The first-order chi connectivity index (χ1) is 9.04. The van der Waals surface area contributed by atoms with Crippen LogP contribution in [0.25, 0.3) is 0 Å². The number of hydrogen-bond acceptors (Lipinski definition) is 2. The van der Waals surface area contributed by atoms with Gasteiger partial charge in [0.15, 0.2) is 5.96 Å². The van der Waals surface area contributed by atoms with Gasteiger partial charge in [-0.25, -0.2) is 0 Å². The highest BCUT2D eigenvalue weighted by Crippen LogP contribution is 2.25. The second kappa shape index (κ2) is 10.5. The number of benzene rings is 1. The van der Waals surface area contributed by atoms with Gasteiger partial charge >= 0.3 is 0 Å². The standard InChI is InChI=1S/C13H19Cl2N3O.HI/c1-9(11-5-4-10(14)8-12(11)15)18-13(16)17-6-3-7-19-2;/h4-5,8-9H,3,6-7H2,1-2H3,(H3,16,17,18);1H. The van der Waals surface area contributed by atoms with Crippen molar-refractivity contribution in [3.05, 3.63) is 33.8 Å². The molecule has 1 unspecified atom stereocenters. The third-order valence-electron chi connectivity index (χ3n) is 2.58. The van der Waals surface area contributed by atoms with Crippen molar-refractivity contribution in [1.29, 1.82) is 0 Å². The number of nitrogens with zero attached hydrogens (tertiary/aromatic N) is 1. The van der Waals surface area contributed by atoms with Crippen LogP contribution in [0.5, 0.6) is 0 Å². The van der Waals surface area contributed by atoms with Gasteiger partial charge in [-0.15, -0.1) is 24.0 Å². The molecule has 0 saturated carbocycles. The number of aliphatic imine (C=N–C) groups is 1. The van der Waals surface area contributed by atoms with Crippen molar-refractivity contribution in [2.75, 3.05) is 20.3 Å². The highest BCUT2D eigenvalue weighted by Gasteiger charge is 2.10. The fraction of sp³-hybridized carbons (Fsp3) is 0.462. The van der Waals surface area contributed by atoms with E-state index in [0.29, 0.717) is 29.2 Å². The maximum absolute atomic E-state index is 6.13. The summed E-state index contributed by atoms with van der Waals surface area (Å²) >= 11 is 12.0. The van der Waals surface area contributed by atoms with Gasteiger partial charge in [0.2, 0.25) is 0 Å². The Morgan fingerprint density at radius 3 is 2.75 bits per heavy atom. The fourth-order valence-corrected chi connectivity index (χ4v) is 2.18. The summed E-state index contributed by atoms with van der Waals surface area (Å²) in [5, 5.41) is 4.32. The second-order valence-corrected chi connectivity index (χ2v) is 4.99. The van der Waals surface area contributed by atoms with Crippen LogP contribution in [0.1, 0.15) is 24.9 Å². The van der Waals surface area contributed by atoms with Crippen LogP contribution < -0.4 is 11.1 Å². The normalized spacial score (nSPS) is 12.7. The smallest absolute Gasteiger partial charge is 0.189 e. The molecule has 0 spiro atoms. The molecule has 0 saturated heterocycles. The summed E-state index contributed by atoms with van der Waals surface area (Å²) in [5.74, 6) is 0.398. The Morgan fingerprint density at radius 1 is 1.45 bits per heavy atom. The summed E-state index contributed by atoms with van der Waals surface area (Å²) in [6.07, 6.45) is 0.842. The van der Waals surface area contributed by atoms with Crippen LogP contribution in [-0.2, 0) is 4.74 Å². The predicted molar refractivity (Wildman–Crippen MR) is 96.4 cm³/mol. The molecule has 1 rings (SSSR count). The maximum atomic E-state index is 6.13. The topological polar surface area (TPSA) is 59.6 Å². The van der Waals surface area contributed by atoms with Crippen LogP contribution in [0.3, 0.4) is 0 Å². The van der Waals surface area contributed by atoms with Crippen molar-refractivity contribution in [3.8, 4) is 0 Å². The lowest BCUT2D eigenvalue weighted by Gasteiger charge is -2.16. The van der Waals surface area contributed by atoms with Crippen LogP contribution in [0.2, 0.25) is 10.0 Å². The molecule has 7 heteroatoms. The number of rotatable bonds is 6. The molecular formula is C13H20Cl2IN3O. The molecule has 20 heavy (non-hydrogen) atoms. The van der Waals surface area contributed by atoms with Crippen LogP contribution in [0.15, 0.2) is 23.2 Å². The molecule has 0 fully saturated rings. The van der Waals surface area contributed by atoms with E-state index in [1.54, 1.807) is 19.2 Å². The van der Waals surface area contributed by atoms with Crippen LogP contribution in [0, 0.1) is 0 Å². The van der Waals surface area contributed by atoms with Gasteiger partial charge in [0.05, 0.1) is 6.04 Å². The quantitative estimate of drug-likeness (QED) is 0.313. The summed E-state index contributed by atoms with van der Waals surface area (Å²) in [7, 11) is 1.66. The highest BCUT2D eigenvalue weighted by molar-refractivity contribution is 14.0. The van der Waals surface area contributed by atoms with E-state index in [9.17, 15) is 0 Å². The third-order valence-corrected chi connectivity index (χ3v) is 3.14. The Kier molecular flexibility index (Phi) is 10.4. The lowest BCUT2D eigenvalue weighted by Crippen LogP contribution is -2.34. The van der Waals surface area contributed by atoms with E-state index < -0.39 is 0 Å². The van der Waals surface area contributed by atoms with Gasteiger partial charge in [0, 0.05) is 30.3 Å². The third kappa shape index (κ3) is 6.97. The summed E-state index contributed by atoms with van der Waals surface area (Å²) in [6.45, 7) is 3.27. The molecule has 1 aromatic rings. The van der Waals surface area contributed by atoms with Crippen molar-refractivity contribution in [2.24, 2.45) is 10.7 Å². The molecule has 1 atom stereocenters. The average Bonchev–Trinajstić information content (AvgIpc) is 2.34. The van der Waals surface area contributed by atoms with Crippen LogP contribution >= 0.6 is 47.2 Å². The molecule has 114 valence electrons. The van der Waals surface area contributed by atoms with E-state index in [-0.39, 0.29) is 30.0 Å². The van der Waals surface area contributed by atoms with Crippen molar-refractivity contribution in [2.45, 2.75) is 19.4 Å². The number of methoxy groups -OCH3 is 1. The number of guanidine groups is 1. The minimum absolute atomic E-state index is 0. The molecule has 0 amide bonds. The van der Waals surface area contributed by atoms with Gasteiger partial charge in [-0.3, -0.25) is 4.99 Å². The first kappa shape index (κ1) is 19.8. The van der Waals surface area contributed by atoms with Crippen molar-refractivity contribution in [1.82, 2.24) is 5.32 Å². The second-order valence-electron chi connectivity index (χ2n) is 4.15. The lowest BCUT2D eigenvalue weighted by atomic mass is 10.1. The number of ether oxygens (including phenoxy) is 1. The first-order valence-electron chi connectivity index (χ1n) is 6.05. The average molecular weight is 432 g/mol. The summed E-state index contributed by atoms with van der Waals surface area (Å²) in [4.78, 5) is 4.21. The molecule has 4 nitrogen and oxygen atoms in total. The van der Waals surface area contributed by atoms with Gasteiger partial charge in [0.25, 0.3) is 0 Å². The van der Waals surface area contributed by atoms with Gasteiger partial charge in [-0.1, -0.05) is 29.3 Å². The molecule has 0 aliphatic rings. The van der Waals surface area contributed by atoms with Crippen molar-refractivity contribution >= 4 is 53.1 Å². The first-order valence-corrected chi connectivity index (χ1v) is 6.80. The van der Waals surface area contributed by atoms with Crippen LogP contribution in [0.4, 0.5) is 0 Å². The van der Waals surface area contributed by atoms with E-state index in [0.717, 1.165) is 12.0 Å². The molecule has 0 aromatic heterocycles. The Morgan fingerprint density at radius 2 is 2.15 bits per heavy atom. The molecular weight excluding hydrogens is 412 g/mol. The Bertz CT molecular complexity index is 444. The van der Waals surface area contributed by atoms with Crippen LogP contribution in [-0.4, -0.2) is 26.2 Å². The molecule has 0 radical (unpaired) electrons. The highest BCUT2D eigenvalue weighted by atomic mass is 127. The zero-order valence-electron chi connectivity index (χ0n) is 11.5. The summed E-state index contributed by atoms with van der Waals surface area (Å²) in [5.41, 5.74) is 6.73. The molecule has 0 aliphatic heterocycles. The van der Waals surface area contributed by atoms with E-state index in [4.69, 9.17) is 33.7 Å². The Hall–Kier alpha value is -0.240. The van der Waals surface area contributed by atoms with Gasteiger partial charge in [0.1, 0.15) is 0 Å². The number of nitrogens with two attached hydrogens (primary N) is 1. The minimum atomic E-state index is -0.0315. The number of nitrogens with one attached hydrogen (secondary N) is 1. The van der Waals surface area contributed by atoms with E-state index in [2.05, 4.69) is 10.3 Å². The summed E-state index contributed by atoms with van der Waals surface area (Å²) < 4.78 is 4.94. The van der Waals surface area contributed by atoms with Gasteiger partial charge < -0.3 is 15.8 Å². The SMILES string of the molecule is COCCCN=C(N)NC(C)c1ccc(Cl)cc1Cl.I. The Labute approximate surface area is 147 Å². The number of halogens is 3. The van der Waals surface area contributed by atoms with Crippen molar-refractivity contribution in [3.63, 3.8) is 0 Å². The minimum Gasteiger partial charge on any atom is -0.385 e. The molecule has 0 aliphatic carbocycles. The van der Waals surface area contributed by atoms with Gasteiger partial charge in [-0.05, 0) is 31.0 Å². The summed E-state index contributed by atoms with van der Waals surface area (Å²) in [6, 6.07) is 5.35. The fourth-order valence-electron chi connectivity index (χ4n) is 1.61. The molecule has 0 heterocycles. The maximum Gasteiger partial charge on any atom is 0.189 e. The molecule has 0 bridgehead atoms. The molecule has 3 N–H and O–H groups in total. The van der Waals surface area contributed by atoms with Gasteiger partial charge in [-0.2, -0.15) is 0 Å². The Balaban J connectivity index is 0.00000361. The van der Waals surface area contributed by atoms with E-state index in [1.807, 2.05) is 13.0 Å². The van der Waals surface area contributed by atoms with E-state index in [1.165, 1.54) is 0 Å². The van der Waals surface area contributed by atoms with Crippen molar-refractivity contribution < 1.29 is 4.74 Å². The number of hydrogen-bond donors (Lipinski definition) is 2. The predicted octanol–water partition coefficient (Wildman–Crippen LogP) is 3.61. The largest absolute Gasteiger partial charge is 0.385 e. The zero-order chi connectivity index (χ0) is 14.3. The lowest BCUT2D eigenvalue weighted by molar-refractivity contribution is 0.197.